The van der Waals surface area contributed by atoms with Gasteiger partial charge in [0.15, 0.2) is 0 Å². The number of carboxylic acid groups (broad SMARTS) is 1. The van der Waals surface area contributed by atoms with Gasteiger partial charge in [-0.3, -0.25) is 0 Å². The van der Waals surface area contributed by atoms with Crippen LogP contribution in [0.15, 0.2) is 0 Å². The number of amides is 2. The van der Waals surface area contributed by atoms with Gasteiger partial charge in [0.2, 0.25) is 0 Å². The molecule has 2 N–H and O–H groups in total. The molecule has 1 saturated carbocycles. The van der Waals surface area contributed by atoms with E-state index in [0.29, 0.717) is 19.5 Å². The third-order valence-corrected chi connectivity index (χ3v) is 3.86. The topological polar surface area (TPSA) is 81.1 Å². The summed E-state index contributed by atoms with van der Waals surface area (Å²) >= 11 is 0. The molecule has 0 bridgehead atoms. The first-order valence-electron chi connectivity index (χ1n) is 7.06. The third kappa shape index (κ3) is 3.37. The predicted molar refractivity (Wildman–Crippen MR) is 68.8 cm³/mol. The number of urea groups is 1. The van der Waals surface area contributed by atoms with Crippen molar-refractivity contribution in [2.75, 3.05) is 19.7 Å². The Bertz CT molecular complexity index is 344. The fourth-order valence-electron chi connectivity index (χ4n) is 2.69. The van der Waals surface area contributed by atoms with E-state index < -0.39 is 12.0 Å². The Morgan fingerprint density at radius 1 is 1.16 bits per heavy atom. The van der Waals surface area contributed by atoms with Gasteiger partial charge in [-0.25, -0.2) is 9.59 Å². The van der Waals surface area contributed by atoms with Crippen molar-refractivity contribution in [3.63, 3.8) is 0 Å². The van der Waals surface area contributed by atoms with Gasteiger partial charge in [0, 0.05) is 19.1 Å². The van der Waals surface area contributed by atoms with Crippen LogP contribution in [-0.4, -0.2) is 63.8 Å². The minimum Gasteiger partial charge on any atom is -0.480 e. The highest BCUT2D eigenvalue weighted by Gasteiger charge is 2.38. The normalized spacial score (nSPS) is 23.8. The highest BCUT2D eigenvalue weighted by Crippen LogP contribution is 2.29. The molecule has 2 rings (SSSR count). The van der Waals surface area contributed by atoms with Gasteiger partial charge >= 0.3 is 12.0 Å². The molecular weight excluding hydrogens is 248 g/mol. The summed E-state index contributed by atoms with van der Waals surface area (Å²) in [6, 6.07) is -0.738. The first kappa shape index (κ1) is 14.1. The van der Waals surface area contributed by atoms with Crippen molar-refractivity contribution in [1.29, 1.82) is 0 Å². The van der Waals surface area contributed by atoms with Crippen molar-refractivity contribution in [3.05, 3.63) is 0 Å². The van der Waals surface area contributed by atoms with Crippen LogP contribution in [0.2, 0.25) is 0 Å². The van der Waals surface area contributed by atoms with Gasteiger partial charge < -0.3 is 20.0 Å². The zero-order chi connectivity index (χ0) is 13.8. The number of carbonyl (C=O) groups is 2. The molecule has 19 heavy (non-hydrogen) atoms. The van der Waals surface area contributed by atoms with E-state index in [1.807, 2.05) is 0 Å². The van der Waals surface area contributed by atoms with Crippen LogP contribution >= 0.6 is 0 Å². The van der Waals surface area contributed by atoms with Crippen molar-refractivity contribution in [1.82, 2.24) is 9.80 Å². The Morgan fingerprint density at radius 3 is 2.47 bits per heavy atom. The smallest absolute Gasteiger partial charge is 0.326 e. The van der Waals surface area contributed by atoms with Gasteiger partial charge in [0.05, 0.1) is 6.61 Å². The van der Waals surface area contributed by atoms with Crippen molar-refractivity contribution in [3.8, 4) is 0 Å². The Morgan fingerprint density at radius 2 is 1.89 bits per heavy atom. The van der Waals surface area contributed by atoms with Crippen molar-refractivity contribution in [2.24, 2.45) is 0 Å². The summed E-state index contributed by atoms with van der Waals surface area (Å²) in [5.41, 5.74) is 0. The minimum absolute atomic E-state index is 0.0756. The maximum atomic E-state index is 12.5. The van der Waals surface area contributed by atoms with Gasteiger partial charge in [0.25, 0.3) is 0 Å². The summed E-state index contributed by atoms with van der Waals surface area (Å²) in [6.45, 7) is 0.727. The van der Waals surface area contributed by atoms with E-state index in [0.717, 1.165) is 32.1 Å². The molecule has 0 aromatic heterocycles. The fraction of sp³-hybridized carbons (Fsp3) is 0.846. The van der Waals surface area contributed by atoms with Crippen LogP contribution in [0.4, 0.5) is 4.79 Å². The number of rotatable bonds is 4. The standard InChI is InChI=1S/C13H22N2O4/c16-9-8-14(10-5-6-10)13(19)15-7-3-1-2-4-11(15)12(17)18/h10-11,16H,1-9H2,(H,17,18). The van der Waals surface area contributed by atoms with Crippen LogP contribution in [-0.2, 0) is 4.79 Å². The average molecular weight is 270 g/mol. The van der Waals surface area contributed by atoms with Gasteiger partial charge in [-0.2, -0.15) is 0 Å². The maximum absolute atomic E-state index is 12.5. The summed E-state index contributed by atoms with van der Waals surface area (Å²) in [4.78, 5) is 27.0. The molecule has 108 valence electrons. The van der Waals surface area contributed by atoms with E-state index in [2.05, 4.69) is 0 Å². The summed E-state index contributed by atoms with van der Waals surface area (Å²) in [6.07, 6.45) is 5.11. The second kappa shape index (κ2) is 6.23. The Labute approximate surface area is 113 Å². The zero-order valence-corrected chi connectivity index (χ0v) is 11.1. The van der Waals surface area contributed by atoms with Gasteiger partial charge in [-0.1, -0.05) is 12.8 Å². The molecule has 6 heteroatoms. The number of aliphatic hydroxyl groups is 1. The quantitative estimate of drug-likeness (QED) is 0.795. The number of likely N-dealkylation sites (tertiary alicyclic amines) is 1. The number of hydrogen-bond acceptors (Lipinski definition) is 3. The fourth-order valence-corrected chi connectivity index (χ4v) is 2.69. The number of aliphatic hydroxyl groups excluding tert-OH is 1. The second-order valence-corrected chi connectivity index (χ2v) is 5.33. The highest BCUT2D eigenvalue weighted by molar-refractivity contribution is 5.83. The number of aliphatic carboxylic acids is 1. The van der Waals surface area contributed by atoms with Crippen molar-refractivity contribution >= 4 is 12.0 Å². The van der Waals surface area contributed by atoms with Gasteiger partial charge in [0.1, 0.15) is 6.04 Å². The molecule has 2 amide bonds. The molecule has 1 heterocycles. The van der Waals surface area contributed by atoms with E-state index >= 15 is 0 Å². The van der Waals surface area contributed by atoms with E-state index in [1.54, 1.807) is 4.90 Å². The first-order chi connectivity index (χ1) is 9.15. The summed E-state index contributed by atoms with van der Waals surface area (Å²) in [5, 5.41) is 18.3. The molecule has 6 nitrogen and oxygen atoms in total. The summed E-state index contributed by atoms with van der Waals surface area (Å²) < 4.78 is 0. The zero-order valence-electron chi connectivity index (χ0n) is 11.1. The van der Waals surface area contributed by atoms with E-state index in [9.17, 15) is 14.7 Å². The lowest BCUT2D eigenvalue weighted by molar-refractivity contribution is -0.142. The van der Waals surface area contributed by atoms with Crippen LogP contribution in [0.1, 0.15) is 38.5 Å². The molecule has 1 aliphatic heterocycles. The van der Waals surface area contributed by atoms with Gasteiger partial charge in [-0.05, 0) is 25.7 Å². The largest absolute Gasteiger partial charge is 0.480 e. The Hall–Kier alpha value is -1.30. The lowest BCUT2D eigenvalue weighted by Crippen LogP contribution is -2.52. The van der Waals surface area contributed by atoms with Crippen LogP contribution < -0.4 is 0 Å². The lowest BCUT2D eigenvalue weighted by Gasteiger charge is -2.33. The molecule has 0 radical (unpaired) electrons. The molecule has 0 aromatic carbocycles. The van der Waals surface area contributed by atoms with E-state index in [4.69, 9.17) is 5.11 Å². The van der Waals surface area contributed by atoms with E-state index in [-0.39, 0.29) is 18.7 Å². The van der Waals surface area contributed by atoms with Crippen molar-refractivity contribution < 1.29 is 19.8 Å². The van der Waals surface area contributed by atoms with Crippen LogP contribution in [0.25, 0.3) is 0 Å². The molecule has 2 aliphatic rings. The first-order valence-corrected chi connectivity index (χ1v) is 7.06. The SMILES string of the molecule is O=C(O)C1CCCCCN1C(=O)N(CCO)C1CC1. The molecular formula is C13H22N2O4. The van der Waals surface area contributed by atoms with E-state index in [1.165, 1.54) is 4.90 Å². The lowest BCUT2D eigenvalue weighted by atomic mass is 10.1. The third-order valence-electron chi connectivity index (χ3n) is 3.86. The summed E-state index contributed by atoms with van der Waals surface area (Å²) in [5.74, 6) is -0.921. The average Bonchev–Trinajstić information content (AvgIpc) is 3.20. The van der Waals surface area contributed by atoms with Gasteiger partial charge in [-0.15, -0.1) is 0 Å². The maximum Gasteiger partial charge on any atom is 0.326 e. The van der Waals surface area contributed by atoms with Crippen molar-refractivity contribution in [2.45, 2.75) is 50.6 Å². The second-order valence-electron chi connectivity index (χ2n) is 5.33. The summed E-state index contributed by atoms with van der Waals surface area (Å²) in [7, 11) is 0. The Kier molecular flexibility index (Phi) is 4.63. The number of nitrogens with zero attached hydrogens (tertiary/aromatic N) is 2. The van der Waals surface area contributed by atoms with Crippen LogP contribution in [0, 0.1) is 0 Å². The molecule has 1 atom stereocenters. The molecule has 0 aromatic rings. The molecule has 2 fully saturated rings. The molecule has 1 aliphatic carbocycles. The molecule has 1 saturated heterocycles. The van der Waals surface area contributed by atoms with Crippen LogP contribution in [0.5, 0.6) is 0 Å². The minimum atomic E-state index is -0.921. The number of carboxylic acids is 1. The van der Waals surface area contributed by atoms with Crippen LogP contribution in [0.3, 0.4) is 0 Å². The predicted octanol–water partition coefficient (Wildman–Crippen LogP) is 0.892. The molecule has 1 unspecified atom stereocenters. The highest BCUT2D eigenvalue weighted by atomic mass is 16.4. The monoisotopic (exact) mass is 270 g/mol. The number of carbonyl (C=O) groups excluding carboxylic acids is 1. The number of hydrogen-bond donors (Lipinski definition) is 2. The Balaban J connectivity index is 2.10. The molecule has 0 spiro atoms.